The monoisotopic (exact) mass is 365 g/mol. The zero-order chi connectivity index (χ0) is 17.6. The maximum Gasteiger partial charge on any atom is 0.191 e. The quantitative estimate of drug-likeness (QED) is 0.597. The lowest BCUT2D eigenvalue weighted by molar-refractivity contribution is 0.313. The molecule has 0 aliphatic heterocycles. The lowest BCUT2D eigenvalue weighted by Gasteiger charge is -2.23. The molecule has 0 N–H and O–H groups in total. The van der Waals surface area contributed by atoms with Crippen molar-refractivity contribution in [2.24, 2.45) is 5.92 Å². The third kappa shape index (κ3) is 4.12. The molecule has 0 radical (unpaired) electrons. The van der Waals surface area contributed by atoms with Crippen LogP contribution in [0, 0.1) is 5.92 Å². The first-order valence-corrected chi connectivity index (χ1v) is 10.2. The van der Waals surface area contributed by atoms with Crippen molar-refractivity contribution in [3.63, 3.8) is 0 Å². The van der Waals surface area contributed by atoms with Crippen molar-refractivity contribution in [1.29, 1.82) is 0 Å². The second kappa shape index (κ2) is 8.45. The molecular weight excluding hydrogens is 342 g/mol. The predicted molar refractivity (Wildman–Crippen MR) is 104 cm³/mol. The Labute approximate surface area is 158 Å². The van der Waals surface area contributed by atoms with Crippen molar-refractivity contribution in [2.75, 3.05) is 0 Å². The fourth-order valence-corrected chi connectivity index (χ4v) is 4.39. The van der Waals surface area contributed by atoms with E-state index in [4.69, 9.17) is 0 Å². The van der Waals surface area contributed by atoms with Gasteiger partial charge in [0.25, 0.3) is 0 Å². The van der Waals surface area contributed by atoms with Crippen LogP contribution in [0.1, 0.15) is 37.7 Å². The minimum absolute atomic E-state index is 0.708. The minimum Gasteiger partial charge on any atom is -0.300 e. The highest BCUT2D eigenvalue weighted by atomic mass is 32.2. The van der Waals surface area contributed by atoms with E-state index in [2.05, 4.69) is 30.8 Å². The van der Waals surface area contributed by atoms with Gasteiger partial charge in [-0.1, -0.05) is 43.2 Å². The second-order valence-corrected chi connectivity index (χ2v) is 7.73. The highest BCUT2D eigenvalue weighted by Gasteiger charge is 2.20. The number of nitrogens with zero attached hydrogens (tertiary/aromatic N) is 5. The Morgan fingerprint density at radius 3 is 2.69 bits per heavy atom. The maximum absolute atomic E-state index is 4.49. The number of pyridine rings is 2. The molecule has 0 aromatic carbocycles. The third-order valence-electron chi connectivity index (χ3n) is 4.87. The summed E-state index contributed by atoms with van der Waals surface area (Å²) in [6.07, 6.45) is 12.2. The second-order valence-electron chi connectivity index (χ2n) is 6.79. The van der Waals surface area contributed by atoms with Gasteiger partial charge in [-0.3, -0.25) is 9.97 Å². The van der Waals surface area contributed by atoms with Crippen LogP contribution < -0.4 is 0 Å². The van der Waals surface area contributed by atoms with Crippen LogP contribution in [0.15, 0.2) is 54.1 Å². The molecule has 134 valence electrons. The van der Waals surface area contributed by atoms with Crippen molar-refractivity contribution in [2.45, 2.75) is 49.6 Å². The fourth-order valence-electron chi connectivity index (χ4n) is 3.50. The van der Waals surface area contributed by atoms with E-state index >= 15 is 0 Å². The number of hydrogen-bond donors (Lipinski definition) is 0. The van der Waals surface area contributed by atoms with Crippen molar-refractivity contribution < 1.29 is 0 Å². The molecule has 0 atom stereocenters. The van der Waals surface area contributed by atoms with E-state index in [9.17, 15) is 0 Å². The van der Waals surface area contributed by atoms with Gasteiger partial charge >= 0.3 is 0 Å². The maximum atomic E-state index is 4.49. The Kier molecular flexibility index (Phi) is 5.59. The Hall–Kier alpha value is -2.21. The van der Waals surface area contributed by atoms with Crippen molar-refractivity contribution in [3.05, 3.63) is 54.5 Å². The van der Waals surface area contributed by atoms with E-state index in [1.807, 2.05) is 36.7 Å². The van der Waals surface area contributed by atoms with Crippen LogP contribution in [0.2, 0.25) is 0 Å². The summed E-state index contributed by atoms with van der Waals surface area (Å²) in [5.74, 6) is 2.43. The van der Waals surface area contributed by atoms with E-state index in [0.717, 1.165) is 29.0 Å². The summed E-state index contributed by atoms with van der Waals surface area (Å²) in [5, 5.41) is 9.94. The number of thioether (sulfide) groups is 1. The van der Waals surface area contributed by atoms with Gasteiger partial charge in [-0.2, -0.15) is 0 Å². The Balaban J connectivity index is 1.59. The molecule has 0 saturated heterocycles. The Morgan fingerprint density at radius 1 is 1.00 bits per heavy atom. The van der Waals surface area contributed by atoms with Crippen LogP contribution in [0.5, 0.6) is 0 Å². The average molecular weight is 366 g/mol. The summed E-state index contributed by atoms with van der Waals surface area (Å²) in [6, 6.07) is 10.0. The number of rotatable bonds is 6. The van der Waals surface area contributed by atoms with Crippen LogP contribution in [-0.4, -0.2) is 24.7 Å². The lowest BCUT2D eigenvalue weighted by atomic mass is 9.89. The first-order valence-electron chi connectivity index (χ1n) is 9.26. The lowest BCUT2D eigenvalue weighted by Crippen LogP contribution is -2.16. The highest BCUT2D eigenvalue weighted by molar-refractivity contribution is 7.98. The van der Waals surface area contributed by atoms with Crippen LogP contribution in [0.4, 0.5) is 0 Å². The molecule has 26 heavy (non-hydrogen) atoms. The molecule has 1 fully saturated rings. The van der Waals surface area contributed by atoms with Crippen molar-refractivity contribution >= 4 is 11.8 Å². The molecule has 0 spiro atoms. The van der Waals surface area contributed by atoms with E-state index in [1.54, 1.807) is 18.0 Å². The van der Waals surface area contributed by atoms with E-state index in [-0.39, 0.29) is 0 Å². The summed E-state index contributed by atoms with van der Waals surface area (Å²) in [4.78, 5) is 8.69. The Bertz CT molecular complexity index is 813. The van der Waals surface area contributed by atoms with Crippen LogP contribution >= 0.6 is 11.8 Å². The molecule has 1 saturated carbocycles. The molecule has 1 aliphatic carbocycles. The molecule has 0 bridgehead atoms. The smallest absolute Gasteiger partial charge is 0.191 e. The van der Waals surface area contributed by atoms with Gasteiger partial charge in [0.1, 0.15) is 5.69 Å². The largest absolute Gasteiger partial charge is 0.300 e. The van der Waals surface area contributed by atoms with Crippen LogP contribution in [0.25, 0.3) is 11.5 Å². The van der Waals surface area contributed by atoms with E-state index in [1.165, 1.54) is 37.7 Å². The Morgan fingerprint density at radius 2 is 1.92 bits per heavy atom. The average Bonchev–Trinajstić information content (AvgIpc) is 3.11. The molecule has 5 nitrogen and oxygen atoms in total. The van der Waals surface area contributed by atoms with Gasteiger partial charge in [-0.15, -0.1) is 10.2 Å². The molecule has 1 aliphatic rings. The highest BCUT2D eigenvalue weighted by Crippen LogP contribution is 2.30. The zero-order valence-electron chi connectivity index (χ0n) is 14.8. The van der Waals surface area contributed by atoms with Gasteiger partial charge < -0.3 is 4.57 Å². The molecule has 4 rings (SSSR count). The van der Waals surface area contributed by atoms with Gasteiger partial charge in [0.05, 0.1) is 0 Å². The number of hydrogen-bond acceptors (Lipinski definition) is 5. The van der Waals surface area contributed by atoms with Gasteiger partial charge in [0.2, 0.25) is 0 Å². The molecule has 0 amide bonds. The summed E-state index contributed by atoms with van der Waals surface area (Å²) in [7, 11) is 0. The SMILES string of the molecule is c1ccc(-c2nnc(SCc3cccnc3)n2CC2CCCCC2)nc1. The van der Waals surface area contributed by atoms with Gasteiger partial charge in [0.15, 0.2) is 11.0 Å². The molecule has 3 aromatic heterocycles. The first-order chi connectivity index (χ1) is 12.9. The number of aromatic nitrogens is 5. The fraction of sp³-hybridized carbons (Fsp3) is 0.400. The predicted octanol–water partition coefficient (Wildman–Crippen LogP) is 4.61. The molecule has 0 unspecified atom stereocenters. The van der Waals surface area contributed by atoms with Crippen LogP contribution in [-0.2, 0) is 12.3 Å². The normalized spacial score (nSPS) is 15.2. The summed E-state index contributed by atoms with van der Waals surface area (Å²) in [6.45, 7) is 0.980. The van der Waals surface area contributed by atoms with Gasteiger partial charge in [0, 0.05) is 30.9 Å². The topological polar surface area (TPSA) is 56.5 Å². The summed E-state index contributed by atoms with van der Waals surface area (Å²) >= 11 is 1.73. The molecule has 3 heterocycles. The molecular formula is C20H23N5S. The first kappa shape index (κ1) is 17.2. The van der Waals surface area contributed by atoms with Gasteiger partial charge in [-0.25, -0.2) is 0 Å². The standard InChI is InChI=1S/C20H23N5S/c1-2-7-16(8-3-1)14-25-19(18-10-4-5-12-22-18)23-24-20(25)26-15-17-9-6-11-21-13-17/h4-6,9-13,16H,1-3,7-8,14-15H2. The third-order valence-corrected chi connectivity index (χ3v) is 5.90. The van der Waals surface area contributed by atoms with Gasteiger partial charge in [-0.05, 0) is 42.5 Å². The minimum atomic E-state index is 0.708. The van der Waals surface area contributed by atoms with Crippen molar-refractivity contribution in [3.8, 4) is 11.5 Å². The van der Waals surface area contributed by atoms with Crippen molar-refractivity contribution in [1.82, 2.24) is 24.7 Å². The zero-order valence-corrected chi connectivity index (χ0v) is 15.6. The molecule has 6 heteroatoms. The summed E-state index contributed by atoms with van der Waals surface area (Å²) < 4.78 is 2.28. The van der Waals surface area contributed by atoms with E-state index < -0.39 is 0 Å². The van der Waals surface area contributed by atoms with E-state index in [0.29, 0.717) is 5.92 Å². The van der Waals surface area contributed by atoms with Crippen LogP contribution in [0.3, 0.4) is 0 Å². The summed E-state index contributed by atoms with van der Waals surface area (Å²) in [5.41, 5.74) is 2.09. The molecule has 3 aromatic rings.